The normalized spacial score (nSPS) is 17.1. The van der Waals surface area contributed by atoms with E-state index in [1.54, 1.807) is 0 Å². The third kappa shape index (κ3) is 4.72. The van der Waals surface area contributed by atoms with Crippen molar-refractivity contribution in [3.05, 3.63) is 82.8 Å². The highest BCUT2D eigenvalue weighted by Gasteiger charge is 2.29. The van der Waals surface area contributed by atoms with Crippen molar-refractivity contribution in [2.75, 3.05) is 39.8 Å². The third-order valence-corrected chi connectivity index (χ3v) is 7.82. The standard InChI is InChI=1S/C29H27ClN4O5/c30-21-3-6-28-31-14-23(34(28)16-21)22(20-2-5-25-27(12-20)39-18-37-25)13-29(35)33-9-7-32(8-10-33)15-19-1-4-24-26(11-19)38-17-36-24/h1-6,11-12,14,16,22H,7-10,13,15,17-18H2. The van der Waals surface area contributed by atoms with E-state index < -0.39 is 0 Å². The summed E-state index contributed by atoms with van der Waals surface area (Å²) in [5.74, 6) is 2.87. The van der Waals surface area contributed by atoms with E-state index in [9.17, 15) is 4.79 Å². The number of hydrogen-bond acceptors (Lipinski definition) is 7. The van der Waals surface area contributed by atoms with Gasteiger partial charge in [0.1, 0.15) is 5.65 Å². The molecule has 4 aromatic rings. The van der Waals surface area contributed by atoms with E-state index in [0.29, 0.717) is 36.0 Å². The Morgan fingerprint density at radius 1 is 0.872 bits per heavy atom. The molecule has 1 unspecified atom stereocenters. The molecule has 0 spiro atoms. The van der Waals surface area contributed by atoms with E-state index >= 15 is 0 Å². The van der Waals surface area contributed by atoms with Crippen LogP contribution in [0.1, 0.15) is 29.2 Å². The van der Waals surface area contributed by atoms with Gasteiger partial charge in [0.15, 0.2) is 23.0 Å². The molecule has 7 rings (SSSR count). The lowest BCUT2D eigenvalue weighted by atomic mass is 9.91. The molecule has 0 aliphatic carbocycles. The van der Waals surface area contributed by atoms with Crippen LogP contribution in [0, 0.1) is 0 Å². The Morgan fingerprint density at radius 2 is 1.59 bits per heavy atom. The van der Waals surface area contributed by atoms with Crippen LogP contribution in [-0.2, 0) is 11.3 Å². The van der Waals surface area contributed by atoms with Crippen molar-refractivity contribution in [3.63, 3.8) is 0 Å². The number of imidazole rings is 1. The minimum atomic E-state index is -0.230. The summed E-state index contributed by atoms with van der Waals surface area (Å²) in [5.41, 5.74) is 3.83. The van der Waals surface area contributed by atoms with Gasteiger partial charge in [-0.3, -0.25) is 9.69 Å². The van der Waals surface area contributed by atoms with E-state index in [1.807, 2.05) is 64.2 Å². The Bertz CT molecular complexity index is 1550. The first-order valence-corrected chi connectivity index (χ1v) is 13.4. The molecule has 200 valence electrons. The highest BCUT2D eigenvalue weighted by Crippen LogP contribution is 2.38. The monoisotopic (exact) mass is 546 g/mol. The predicted octanol–water partition coefficient (Wildman–Crippen LogP) is 4.31. The van der Waals surface area contributed by atoms with Gasteiger partial charge in [0.25, 0.3) is 0 Å². The number of piperazine rings is 1. The number of benzene rings is 2. The quantitative estimate of drug-likeness (QED) is 0.356. The average Bonchev–Trinajstić information content (AvgIpc) is 3.71. The van der Waals surface area contributed by atoms with Crippen molar-refractivity contribution in [3.8, 4) is 23.0 Å². The number of rotatable bonds is 6. The van der Waals surface area contributed by atoms with Gasteiger partial charge in [0.05, 0.1) is 10.7 Å². The van der Waals surface area contributed by atoms with Gasteiger partial charge in [0.2, 0.25) is 19.5 Å². The Hall–Kier alpha value is -3.95. The number of nitrogens with zero attached hydrogens (tertiary/aromatic N) is 4. The van der Waals surface area contributed by atoms with E-state index in [0.717, 1.165) is 48.0 Å². The van der Waals surface area contributed by atoms with Gasteiger partial charge in [-0.05, 0) is 47.5 Å². The van der Waals surface area contributed by atoms with Gasteiger partial charge in [0, 0.05) is 57.5 Å². The zero-order valence-corrected chi connectivity index (χ0v) is 22.0. The van der Waals surface area contributed by atoms with Crippen molar-refractivity contribution >= 4 is 23.2 Å². The summed E-state index contributed by atoms with van der Waals surface area (Å²) in [4.78, 5) is 22.6. The topological polar surface area (TPSA) is 77.8 Å². The number of ether oxygens (including phenoxy) is 4. The number of aromatic nitrogens is 2. The second kappa shape index (κ2) is 9.98. The van der Waals surface area contributed by atoms with Crippen molar-refractivity contribution in [1.29, 1.82) is 0 Å². The Labute approximate surface area is 230 Å². The first-order chi connectivity index (χ1) is 19.1. The maximum Gasteiger partial charge on any atom is 0.231 e. The first kappa shape index (κ1) is 24.1. The molecular formula is C29H27ClN4O5. The van der Waals surface area contributed by atoms with Gasteiger partial charge in [-0.15, -0.1) is 0 Å². The number of carbonyl (C=O) groups excluding carboxylic acids is 1. The fourth-order valence-corrected chi connectivity index (χ4v) is 5.67. The van der Waals surface area contributed by atoms with Gasteiger partial charge in [-0.2, -0.15) is 0 Å². The van der Waals surface area contributed by atoms with Crippen molar-refractivity contribution < 1.29 is 23.7 Å². The second-order valence-corrected chi connectivity index (χ2v) is 10.4. The SMILES string of the molecule is O=C(CC(c1ccc2c(c1)OCO2)c1cnc2ccc(Cl)cn12)N1CCN(Cc2ccc3c(c2)OCO3)CC1. The van der Waals surface area contributed by atoms with Crippen LogP contribution in [0.3, 0.4) is 0 Å². The maximum absolute atomic E-state index is 13.7. The fraction of sp³-hybridized carbons (Fsp3) is 0.310. The van der Waals surface area contributed by atoms with Crippen LogP contribution in [0.15, 0.2) is 60.9 Å². The summed E-state index contributed by atoms with van der Waals surface area (Å²) < 4.78 is 24.1. The molecule has 1 saturated heterocycles. The fourth-order valence-electron chi connectivity index (χ4n) is 5.51. The van der Waals surface area contributed by atoms with Gasteiger partial charge < -0.3 is 28.2 Å². The number of hydrogen-bond donors (Lipinski definition) is 0. The predicted molar refractivity (Wildman–Crippen MR) is 144 cm³/mol. The van der Waals surface area contributed by atoms with E-state index in [-0.39, 0.29) is 25.4 Å². The molecule has 9 nitrogen and oxygen atoms in total. The molecule has 2 aromatic carbocycles. The number of carbonyl (C=O) groups is 1. The Kier molecular flexibility index (Phi) is 6.17. The first-order valence-electron chi connectivity index (χ1n) is 13.0. The van der Waals surface area contributed by atoms with Crippen LogP contribution in [-0.4, -0.2) is 64.9 Å². The molecule has 2 aromatic heterocycles. The molecule has 0 saturated carbocycles. The molecule has 10 heteroatoms. The maximum atomic E-state index is 13.7. The molecule has 39 heavy (non-hydrogen) atoms. The molecule has 5 heterocycles. The molecule has 0 N–H and O–H groups in total. The number of fused-ring (bicyclic) bond motifs is 3. The van der Waals surface area contributed by atoms with Crippen molar-refractivity contribution in [2.24, 2.45) is 0 Å². The van der Waals surface area contributed by atoms with E-state index in [4.69, 9.17) is 30.5 Å². The molecule has 1 atom stereocenters. The summed E-state index contributed by atoms with van der Waals surface area (Å²) in [6.45, 7) is 4.24. The minimum Gasteiger partial charge on any atom is -0.454 e. The number of amides is 1. The summed E-state index contributed by atoms with van der Waals surface area (Å²) in [6.07, 6.45) is 3.98. The van der Waals surface area contributed by atoms with Crippen LogP contribution < -0.4 is 18.9 Å². The molecule has 1 amide bonds. The van der Waals surface area contributed by atoms with Crippen molar-refractivity contribution in [1.82, 2.24) is 19.2 Å². The Morgan fingerprint density at radius 3 is 2.38 bits per heavy atom. The lowest BCUT2D eigenvalue weighted by Crippen LogP contribution is -2.48. The van der Waals surface area contributed by atoms with Crippen molar-refractivity contribution in [2.45, 2.75) is 18.9 Å². The minimum absolute atomic E-state index is 0.109. The molecular weight excluding hydrogens is 520 g/mol. The second-order valence-electron chi connectivity index (χ2n) is 9.97. The summed E-state index contributed by atoms with van der Waals surface area (Å²) in [5, 5.41) is 0.607. The smallest absolute Gasteiger partial charge is 0.231 e. The van der Waals surface area contributed by atoms with E-state index in [2.05, 4.69) is 16.0 Å². The highest BCUT2D eigenvalue weighted by atomic mass is 35.5. The largest absolute Gasteiger partial charge is 0.454 e. The molecule has 0 bridgehead atoms. The summed E-state index contributed by atoms with van der Waals surface area (Å²) in [7, 11) is 0. The summed E-state index contributed by atoms with van der Waals surface area (Å²) in [6, 6.07) is 15.6. The lowest BCUT2D eigenvalue weighted by Gasteiger charge is -2.35. The lowest BCUT2D eigenvalue weighted by molar-refractivity contribution is -0.133. The van der Waals surface area contributed by atoms with Crippen LogP contribution in [0.5, 0.6) is 23.0 Å². The molecule has 0 radical (unpaired) electrons. The molecule has 1 fully saturated rings. The zero-order valence-electron chi connectivity index (χ0n) is 21.2. The average molecular weight is 547 g/mol. The van der Waals surface area contributed by atoms with Gasteiger partial charge in [-0.25, -0.2) is 4.98 Å². The highest BCUT2D eigenvalue weighted by molar-refractivity contribution is 6.30. The van der Waals surface area contributed by atoms with Crippen LogP contribution in [0.2, 0.25) is 5.02 Å². The van der Waals surface area contributed by atoms with Gasteiger partial charge >= 0.3 is 0 Å². The third-order valence-electron chi connectivity index (χ3n) is 7.60. The zero-order chi connectivity index (χ0) is 26.3. The number of pyridine rings is 1. The number of halogens is 1. The molecule has 3 aliphatic heterocycles. The van der Waals surface area contributed by atoms with E-state index in [1.165, 1.54) is 5.56 Å². The van der Waals surface area contributed by atoms with Crippen LogP contribution in [0.4, 0.5) is 0 Å². The van der Waals surface area contributed by atoms with Gasteiger partial charge in [-0.1, -0.05) is 23.7 Å². The summed E-state index contributed by atoms with van der Waals surface area (Å²) >= 11 is 6.32. The molecule has 3 aliphatic rings. The van der Waals surface area contributed by atoms with Crippen LogP contribution >= 0.6 is 11.6 Å². The van der Waals surface area contributed by atoms with Crippen LogP contribution in [0.25, 0.3) is 5.65 Å². The Balaban J connectivity index is 1.08.